The minimum atomic E-state index is -2.97. The molecule has 5 aromatic heterocycles. The number of rotatable bonds is 6. The second-order valence-corrected chi connectivity index (χ2v) is 22.3. The molecule has 367 valence electrons. The fourth-order valence-corrected chi connectivity index (χ4v) is 12.8. The van der Waals surface area contributed by atoms with Crippen LogP contribution in [0.2, 0.25) is 0 Å². The van der Waals surface area contributed by atoms with Crippen molar-refractivity contribution < 1.29 is 22.8 Å². The number of fused-ring (bicyclic) bond motifs is 4. The van der Waals surface area contributed by atoms with Gasteiger partial charge >= 0.3 is 24.8 Å². The van der Waals surface area contributed by atoms with Gasteiger partial charge in [0.05, 0.1) is 72.0 Å². The summed E-state index contributed by atoms with van der Waals surface area (Å²) in [4.78, 5) is 55.1. The van der Waals surface area contributed by atoms with Crippen molar-refractivity contribution >= 4 is 120 Å². The van der Waals surface area contributed by atoms with E-state index in [0.717, 1.165) is 88.9 Å². The molecule has 25 heteroatoms. The predicted molar refractivity (Wildman–Crippen MR) is 287 cm³/mol. The number of carbonyl (C=O) groups excluding carboxylic acids is 3. The van der Waals surface area contributed by atoms with Crippen molar-refractivity contribution in [3.63, 3.8) is 0 Å². The normalized spacial score (nSPS) is 16.2. The summed E-state index contributed by atoms with van der Waals surface area (Å²) in [5.41, 5.74) is 7.96. The Morgan fingerprint density at radius 3 is 1.97 bits per heavy atom. The molecule has 1 radical (unpaired) electrons. The third-order valence-corrected chi connectivity index (χ3v) is 16.9. The van der Waals surface area contributed by atoms with Gasteiger partial charge in [-0.25, -0.2) is 23.4 Å². The predicted octanol–water partition coefficient (Wildman–Crippen LogP) is 6.31. The zero-order valence-corrected chi connectivity index (χ0v) is 46.8. The first kappa shape index (κ1) is 52.9. The van der Waals surface area contributed by atoms with Crippen LogP contribution in [0.5, 0.6) is 0 Å². The maximum absolute atomic E-state index is 12.6. The van der Waals surface area contributed by atoms with Gasteiger partial charge < -0.3 is 28.4 Å². The molecule has 1 aromatic carbocycles. The molecule has 4 aliphatic rings. The van der Waals surface area contributed by atoms with Crippen LogP contribution in [0, 0.1) is 7.40 Å². The Bertz CT molecular complexity index is 2970. The van der Waals surface area contributed by atoms with E-state index in [1.807, 2.05) is 73.0 Å². The summed E-state index contributed by atoms with van der Waals surface area (Å²) in [5, 5.41) is 10.1. The number of amides is 3. The number of aryl methyl sites for hydroxylation is 2. The first-order valence-corrected chi connectivity index (χ1v) is 27.9. The molecule has 69 heavy (non-hydrogen) atoms. The van der Waals surface area contributed by atoms with Crippen molar-refractivity contribution in [3.8, 4) is 22.5 Å². The third kappa shape index (κ3) is 11.9. The van der Waals surface area contributed by atoms with Crippen molar-refractivity contribution in [2.45, 2.75) is 98.1 Å². The number of imidazole rings is 3. The molecule has 9 heterocycles. The Morgan fingerprint density at radius 2 is 1.38 bits per heavy atom. The van der Waals surface area contributed by atoms with E-state index in [9.17, 15) is 22.8 Å². The Hall–Kier alpha value is -3.96. The molecular weight excluding hydrogens is 1210 g/mol. The molecule has 0 unspecified atom stereocenters. The van der Waals surface area contributed by atoms with E-state index in [0.29, 0.717) is 64.8 Å². The average Bonchev–Trinajstić information content (AvgIpc) is 4.18. The number of aromatic nitrogens is 10. The second-order valence-electron chi connectivity index (χ2n) is 17.0. The van der Waals surface area contributed by atoms with Crippen LogP contribution in [0.4, 0.5) is 0 Å². The average molecular weight is 1270 g/mol. The van der Waals surface area contributed by atoms with Crippen LogP contribution in [0.25, 0.3) is 33.4 Å². The molecule has 4 aliphatic heterocycles. The van der Waals surface area contributed by atoms with Crippen LogP contribution in [-0.4, -0.2) is 128 Å². The van der Waals surface area contributed by atoms with Gasteiger partial charge in [-0.2, -0.15) is 10.2 Å². The standard InChI is InChI=1S/C26H31N7O3S.C9H11BrIN3O.C9H12IN3O.BHNS/c1-4-23(34)32-9-10-33-22(16-32)25(28-26(33)17-7-11-37(35,36)12-8-17)18-5-6-21-20(13-18)24(29-31(21)3)19-14-27-30(2)15-19;1-2-7(15)13-3-4-14-6(5-13)8(11)12-9(14)10;1-2-8(14)12-3-4-13-6-11-9(10)7(13)5-12;1-2-3/h5-6,13-15,17H,4,7-12,16H2,1-3H3;2-5H2,1H3;6H,2-5H2,1H3;3H. The van der Waals surface area contributed by atoms with E-state index in [-0.39, 0.29) is 35.1 Å². The van der Waals surface area contributed by atoms with Crippen molar-refractivity contribution in [1.82, 2.24) is 62.9 Å². The van der Waals surface area contributed by atoms with Gasteiger partial charge in [-0.15, -0.1) is 0 Å². The van der Waals surface area contributed by atoms with Crippen LogP contribution >= 0.6 is 73.9 Å². The SMILES string of the molecule is CCC(=O)N1CCn2c(Br)nc(I)c2C1.CCC(=O)N1CCn2c(C3CCS(=O)(=O)CC3)nc(-c3ccc4c(c3)c(-c3cnn(C)c3)nn4C)c2C1.CCC(=O)N1CCn2cnc(I)c2C1.[B]=NS. The van der Waals surface area contributed by atoms with Crippen molar-refractivity contribution in [2.75, 3.05) is 31.1 Å². The number of benzene rings is 1. The number of thiol groups is 1. The molecule has 1 saturated heterocycles. The molecule has 0 aliphatic carbocycles. The van der Waals surface area contributed by atoms with Crippen molar-refractivity contribution in [2.24, 2.45) is 18.4 Å². The van der Waals surface area contributed by atoms with Crippen LogP contribution in [0.15, 0.2) is 46.0 Å². The molecule has 3 amide bonds. The first-order chi connectivity index (χ1) is 33.0. The van der Waals surface area contributed by atoms with Crippen LogP contribution in [-0.2, 0) is 77.6 Å². The van der Waals surface area contributed by atoms with Gasteiger partial charge in [-0.3, -0.25) is 23.7 Å². The molecule has 6 aromatic rings. The summed E-state index contributed by atoms with van der Waals surface area (Å²) in [7, 11) is 5.19. The number of halogens is 3. The molecular formula is C44H55BBrI2N14O5S2. The summed E-state index contributed by atoms with van der Waals surface area (Å²) in [5.74, 6) is 2.02. The Balaban J connectivity index is 0.000000179. The summed E-state index contributed by atoms with van der Waals surface area (Å²) in [6.45, 7) is 12.2. The summed E-state index contributed by atoms with van der Waals surface area (Å²) in [6, 6.07) is 6.26. The first-order valence-electron chi connectivity index (χ1n) is 22.7. The molecule has 19 nitrogen and oxygen atoms in total. The second kappa shape index (κ2) is 23.1. The number of sulfone groups is 1. The zero-order valence-electron chi connectivity index (χ0n) is 39.2. The number of hydrogen-bond acceptors (Lipinski definition) is 12. The van der Waals surface area contributed by atoms with Crippen LogP contribution in [0.1, 0.15) is 81.7 Å². The molecule has 10 rings (SSSR count). The van der Waals surface area contributed by atoms with Gasteiger partial charge in [-0.1, -0.05) is 26.8 Å². The number of carbonyl (C=O) groups is 3. The van der Waals surface area contributed by atoms with Crippen LogP contribution < -0.4 is 0 Å². The van der Waals surface area contributed by atoms with E-state index in [2.05, 4.69) is 133 Å². The third-order valence-electron chi connectivity index (χ3n) is 12.8. The van der Waals surface area contributed by atoms with Crippen molar-refractivity contribution in [1.29, 1.82) is 0 Å². The molecule has 0 N–H and O–H groups in total. The van der Waals surface area contributed by atoms with Gasteiger partial charge in [0.25, 0.3) is 0 Å². The van der Waals surface area contributed by atoms with Crippen molar-refractivity contribution in [3.05, 3.63) is 72.0 Å². The molecule has 0 spiro atoms. The van der Waals surface area contributed by atoms with Gasteiger partial charge in [-0.05, 0) is 86.1 Å². The Morgan fingerprint density at radius 1 is 0.797 bits per heavy atom. The van der Waals surface area contributed by atoms with Crippen LogP contribution in [0.3, 0.4) is 0 Å². The van der Waals surface area contributed by atoms with Gasteiger partial charge in [0.1, 0.15) is 28.8 Å². The summed E-state index contributed by atoms with van der Waals surface area (Å²) < 4.78 is 39.9. The quantitative estimate of drug-likeness (QED) is 0.112. The minimum absolute atomic E-state index is 0.0949. The van der Waals surface area contributed by atoms with E-state index in [1.165, 1.54) is 5.69 Å². The Kier molecular flexibility index (Phi) is 17.7. The van der Waals surface area contributed by atoms with Gasteiger partial charge in [0, 0.05) is 101 Å². The number of nitrogens with zero attached hydrogens (tertiary/aromatic N) is 14. The van der Waals surface area contributed by atoms with E-state index >= 15 is 0 Å². The Labute approximate surface area is 444 Å². The molecule has 1 fully saturated rings. The monoisotopic (exact) mass is 1270 g/mol. The van der Waals surface area contributed by atoms with Gasteiger partial charge in [0.15, 0.2) is 4.73 Å². The summed E-state index contributed by atoms with van der Waals surface area (Å²) in [6.07, 6.45) is 8.42. The van der Waals surface area contributed by atoms with Gasteiger partial charge in [0.2, 0.25) is 17.7 Å². The molecule has 0 bridgehead atoms. The van der Waals surface area contributed by atoms with E-state index in [4.69, 9.17) is 10.1 Å². The maximum atomic E-state index is 12.6. The topological polar surface area (TPSA) is 197 Å². The number of hydrogen-bond donors (Lipinski definition) is 1. The zero-order chi connectivity index (χ0) is 49.7. The molecule has 0 saturated carbocycles. The fraction of sp³-hybridized carbons (Fsp3) is 0.500. The van der Waals surface area contributed by atoms with E-state index in [1.54, 1.807) is 4.68 Å². The van der Waals surface area contributed by atoms with E-state index < -0.39 is 9.84 Å². The fourth-order valence-electron chi connectivity index (χ4n) is 9.07. The summed E-state index contributed by atoms with van der Waals surface area (Å²) >= 11 is 11.0. The molecule has 0 atom stereocenters.